The Bertz CT molecular complexity index is 2090. The number of rotatable bonds is 20. The fraction of sp³-hybridized carbons (Fsp3) is 0.558. The van der Waals surface area contributed by atoms with Crippen molar-refractivity contribution in [2.75, 3.05) is 96.2 Å². The summed E-state index contributed by atoms with van der Waals surface area (Å²) in [6.45, 7) is 1.65. The number of hydrogen-bond acceptors (Lipinski definition) is 12. The first kappa shape index (κ1) is 50.9. The van der Waals surface area contributed by atoms with Crippen molar-refractivity contribution < 1.29 is 47.9 Å². The van der Waals surface area contributed by atoms with E-state index in [-0.39, 0.29) is 119 Å². The van der Waals surface area contributed by atoms with Gasteiger partial charge in [-0.15, -0.1) is 0 Å². The van der Waals surface area contributed by atoms with E-state index >= 15 is 0 Å². The number of benzene rings is 1. The van der Waals surface area contributed by atoms with E-state index in [0.29, 0.717) is 50.1 Å². The number of carbonyl (C=O) groups excluding carboxylic acids is 10. The number of hydrogen-bond donors (Lipinski definition) is 8. The number of urea groups is 2. The molecule has 0 radical (unpaired) electrons. The maximum Gasteiger partial charge on any atom is 0.317 e. The largest absolute Gasteiger partial charge is 0.353 e. The Morgan fingerprint density at radius 2 is 1.16 bits per heavy atom. The Labute approximate surface area is 403 Å². The topological polar surface area (TPSA) is 283 Å². The van der Waals surface area contributed by atoms with Gasteiger partial charge in [0, 0.05) is 107 Å². The second kappa shape index (κ2) is 25.0. The average molecular weight is 982 g/mol. The molecule has 1 aromatic carbocycles. The van der Waals surface area contributed by atoms with E-state index in [1.165, 1.54) is 9.80 Å². The number of nitrogens with zero attached hydrogens (tertiary/aromatic N) is 5. The van der Waals surface area contributed by atoms with Gasteiger partial charge >= 0.3 is 12.1 Å². The maximum atomic E-state index is 12.9. The van der Waals surface area contributed by atoms with Crippen molar-refractivity contribution in [2.24, 2.45) is 0 Å². The third kappa shape index (κ3) is 15.3. The summed E-state index contributed by atoms with van der Waals surface area (Å²) in [6.07, 6.45) is 5.67. The van der Waals surface area contributed by atoms with Crippen molar-refractivity contribution in [3.63, 3.8) is 0 Å². The molecule has 368 valence electrons. The summed E-state index contributed by atoms with van der Waals surface area (Å²) in [7, 11) is 0. The highest BCUT2D eigenvalue weighted by molar-refractivity contribution is 8.00. The minimum absolute atomic E-state index is 0.00113. The van der Waals surface area contributed by atoms with Crippen molar-refractivity contribution in [2.45, 2.75) is 62.4 Å². The molecule has 5 aliphatic rings. The van der Waals surface area contributed by atoms with E-state index in [1.807, 2.05) is 36.0 Å². The van der Waals surface area contributed by atoms with E-state index in [2.05, 4.69) is 42.5 Å². The van der Waals surface area contributed by atoms with E-state index in [4.69, 9.17) is 12.2 Å². The van der Waals surface area contributed by atoms with Gasteiger partial charge in [0.1, 0.15) is 0 Å². The van der Waals surface area contributed by atoms with E-state index < -0.39 is 29.7 Å². The number of unbranched alkanes of at least 4 members (excludes halogenated alkanes) is 1. The summed E-state index contributed by atoms with van der Waals surface area (Å²) in [5.41, 5.74) is 1.64. The van der Waals surface area contributed by atoms with Crippen LogP contribution in [0.5, 0.6) is 0 Å². The maximum absolute atomic E-state index is 12.9. The molecular weight excluding hydrogens is 923 g/mol. The van der Waals surface area contributed by atoms with E-state index in [9.17, 15) is 47.9 Å². The third-order valence-electron chi connectivity index (χ3n) is 12.0. The van der Waals surface area contributed by atoms with Gasteiger partial charge in [0.15, 0.2) is 5.11 Å². The number of nitrogens with one attached hydrogen (secondary N) is 8. The fourth-order valence-electron chi connectivity index (χ4n) is 8.12. The van der Waals surface area contributed by atoms with Crippen LogP contribution in [0.2, 0.25) is 0 Å². The van der Waals surface area contributed by atoms with Crippen LogP contribution in [0.15, 0.2) is 36.4 Å². The van der Waals surface area contributed by atoms with Crippen LogP contribution in [0.1, 0.15) is 44.1 Å². The molecule has 0 spiro atoms. The van der Waals surface area contributed by atoms with E-state index in [1.54, 1.807) is 9.80 Å². The molecule has 0 unspecified atom stereocenters. The van der Waals surface area contributed by atoms with Crippen LogP contribution in [-0.4, -0.2) is 197 Å². The quantitative estimate of drug-likeness (QED) is 0.0298. The summed E-state index contributed by atoms with van der Waals surface area (Å²) in [5, 5.41) is 23.1. The van der Waals surface area contributed by atoms with Gasteiger partial charge in [0.05, 0.1) is 38.3 Å². The van der Waals surface area contributed by atoms with Crippen molar-refractivity contribution in [3.05, 3.63) is 42.0 Å². The Kier molecular flexibility index (Phi) is 18.7. The first-order chi connectivity index (χ1) is 32.7. The van der Waals surface area contributed by atoms with Crippen molar-refractivity contribution in [3.8, 4) is 0 Å². The Hall–Kier alpha value is -6.50. The van der Waals surface area contributed by atoms with Gasteiger partial charge < -0.3 is 62.1 Å². The third-order valence-corrected chi connectivity index (χ3v) is 13.8. The van der Waals surface area contributed by atoms with Gasteiger partial charge in [-0.3, -0.25) is 43.3 Å². The summed E-state index contributed by atoms with van der Waals surface area (Å²) >= 11 is 7.26. The normalized spacial score (nSPS) is 19.7. The van der Waals surface area contributed by atoms with Gasteiger partial charge in [-0.05, 0) is 49.2 Å². The number of imide groups is 1. The SMILES string of the molecule is O=C(CCCN1C(=O)C=CC1=O)NCC(=O)NCC(=O)N1CCN(C(=O)NCC(=O)N2CCN(C(=O)CNC(=S)Nc3ccc(CNC(=O)CCCC[C@H]4SC[C@@H]5NC(=O)N[C@@H]54)cc3)CC2)CC1. The molecule has 4 saturated heterocycles. The van der Waals surface area contributed by atoms with Crippen LogP contribution in [0.25, 0.3) is 0 Å². The van der Waals surface area contributed by atoms with Crippen molar-refractivity contribution in [1.82, 2.24) is 61.7 Å². The molecule has 6 rings (SSSR count). The molecule has 0 saturated carbocycles. The van der Waals surface area contributed by atoms with Crippen LogP contribution in [0.3, 0.4) is 0 Å². The summed E-state index contributed by atoms with van der Waals surface area (Å²) < 4.78 is 0. The minimum Gasteiger partial charge on any atom is -0.353 e. The van der Waals surface area contributed by atoms with Gasteiger partial charge in [-0.25, -0.2) is 9.59 Å². The molecule has 0 bridgehead atoms. The molecule has 3 atom stereocenters. The first-order valence-corrected chi connectivity index (χ1v) is 24.2. The van der Waals surface area contributed by atoms with Gasteiger partial charge in [0.25, 0.3) is 11.8 Å². The zero-order valence-corrected chi connectivity index (χ0v) is 39.3. The monoisotopic (exact) mass is 981 g/mol. The molecule has 1 aromatic rings. The number of carbonyl (C=O) groups is 10. The Morgan fingerprint density at radius 1 is 0.618 bits per heavy atom. The molecule has 4 fully saturated rings. The lowest BCUT2D eigenvalue weighted by Gasteiger charge is -2.36. The van der Waals surface area contributed by atoms with Crippen LogP contribution >= 0.6 is 24.0 Å². The van der Waals surface area contributed by atoms with Crippen LogP contribution < -0.4 is 42.5 Å². The van der Waals surface area contributed by atoms with Crippen molar-refractivity contribution >= 4 is 94.1 Å². The first-order valence-electron chi connectivity index (χ1n) is 22.7. The molecule has 23 nitrogen and oxygen atoms in total. The number of piperazine rings is 2. The molecule has 25 heteroatoms. The second-order valence-corrected chi connectivity index (χ2v) is 18.4. The van der Waals surface area contributed by atoms with Gasteiger partial charge in [0.2, 0.25) is 35.4 Å². The predicted octanol–water partition coefficient (Wildman–Crippen LogP) is -2.22. The zero-order chi connectivity index (χ0) is 48.6. The molecule has 5 heterocycles. The number of amides is 12. The Balaban J connectivity index is 0.756. The molecule has 0 aliphatic carbocycles. The molecular formula is C43H59N13O10S2. The zero-order valence-electron chi connectivity index (χ0n) is 37.7. The van der Waals surface area contributed by atoms with Gasteiger partial charge in [-0.1, -0.05) is 18.6 Å². The smallest absolute Gasteiger partial charge is 0.317 e. The Morgan fingerprint density at radius 3 is 1.79 bits per heavy atom. The lowest BCUT2D eigenvalue weighted by atomic mass is 10.0. The number of thioether (sulfide) groups is 1. The molecule has 12 amide bonds. The lowest BCUT2D eigenvalue weighted by molar-refractivity contribution is -0.138. The molecule has 8 N–H and O–H groups in total. The number of fused-ring (bicyclic) bond motifs is 1. The summed E-state index contributed by atoms with van der Waals surface area (Å²) in [6, 6.07) is 7.26. The van der Waals surface area contributed by atoms with Crippen LogP contribution in [0.4, 0.5) is 15.3 Å². The predicted molar refractivity (Wildman–Crippen MR) is 252 cm³/mol. The minimum atomic E-state index is -0.570. The highest BCUT2D eigenvalue weighted by Crippen LogP contribution is 2.33. The fourth-order valence-corrected chi connectivity index (χ4v) is 9.85. The second-order valence-electron chi connectivity index (χ2n) is 16.8. The summed E-state index contributed by atoms with van der Waals surface area (Å²) in [4.78, 5) is 130. The average Bonchev–Trinajstić information content (AvgIpc) is 4.01. The van der Waals surface area contributed by atoms with Crippen LogP contribution in [0, 0.1) is 0 Å². The molecule has 0 aromatic heterocycles. The molecule has 5 aliphatic heterocycles. The van der Waals surface area contributed by atoms with Crippen LogP contribution in [-0.2, 0) is 44.9 Å². The van der Waals surface area contributed by atoms with Crippen molar-refractivity contribution in [1.29, 1.82) is 0 Å². The lowest BCUT2D eigenvalue weighted by Crippen LogP contribution is -2.57. The number of anilines is 1. The number of thiocarbonyl (C=S) groups is 1. The highest BCUT2D eigenvalue weighted by Gasteiger charge is 2.42. The standard InChI is InChI=1S/C43H59N13O10S2/c57-32(5-2-1-4-31-40-30(27-68-31)50-41(65)51-40)44-22-28-7-9-29(10-8-28)49-42(67)47-25-38(63)52-14-16-53(17-15-52)39(64)26-48-43(66)55-20-18-54(19-21-55)37(62)24-46-34(59)23-45-33(58)6-3-13-56-35(60)11-12-36(56)61/h7-12,30-31,40H,1-6,13-27H2,(H,44,57)(H,45,58)(H,46,59)(H,48,66)(H2,47,49,67)(H2,50,51,65)/t30-,31+,40-/m0/s1. The molecule has 68 heavy (non-hydrogen) atoms. The van der Waals surface area contributed by atoms with Gasteiger partial charge in [-0.2, -0.15) is 11.8 Å². The van der Waals surface area contributed by atoms with E-state index in [0.717, 1.165) is 47.6 Å². The highest BCUT2D eigenvalue weighted by atomic mass is 32.2. The summed E-state index contributed by atoms with van der Waals surface area (Å²) in [5.74, 6) is -1.81.